The molecule has 0 bridgehead atoms. The fraction of sp³-hybridized carbons (Fsp3) is 0.200. The lowest BCUT2D eigenvalue weighted by molar-refractivity contribution is 0.0783. The monoisotopic (exact) mass is 492 g/mol. The molecule has 0 aliphatic carbocycles. The predicted octanol–water partition coefficient (Wildman–Crippen LogP) is 4.24. The van der Waals surface area contributed by atoms with E-state index in [4.69, 9.17) is 0 Å². The van der Waals surface area contributed by atoms with Gasteiger partial charge in [0.05, 0.1) is 34.8 Å². The van der Waals surface area contributed by atoms with Gasteiger partial charge in [-0.3, -0.25) is 9.48 Å². The SMILES string of the molecule is CN(Cc1c(Br)cnn1C)C(=O)c1cnn2c(C(F)F)cc(-c3ccc(F)cc3)nc12. The van der Waals surface area contributed by atoms with Crippen LogP contribution in [-0.4, -0.2) is 42.2 Å². The quantitative estimate of drug-likeness (QED) is 0.417. The Balaban J connectivity index is 1.77. The van der Waals surface area contributed by atoms with Crippen LogP contribution in [0.3, 0.4) is 0 Å². The lowest BCUT2D eigenvalue weighted by atomic mass is 10.1. The van der Waals surface area contributed by atoms with Crippen molar-refractivity contribution in [2.24, 2.45) is 7.05 Å². The Morgan fingerprint density at radius 1 is 1.19 bits per heavy atom. The van der Waals surface area contributed by atoms with Gasteiger partial charge in [0.25, 0.3) is 12.3 Å². The number of rotatable bonds is 5. The van der Waals surface area contributed by atoms with E-state index in [0.717, 1.165) is 14.7 Å². The van der Waals surface area contributed by atoms with Crippen molar-refractivity contribution in [3.05, 3.63) is 70.0 Å². The number of hydrogen-bond acceptors (Lipinski definition) is 4. The summed E-state index contributed by atoms with van der Waals surface area (Å²) in [6.45, 7) is 0.229. The van der Waals surface area contributed by atoms with Crippen molar-refractivity contribution in [3.8, 4) is 11.3 Å². The van der Waals surface area contributed by atoms with E-state index >= 15 is 0 Å². The number of alkyl halides is 2. The summed E-state index contributed by atoms with van der Waals surface area (Å²) in [5, 5.41) is 8.08. The number of hydrogen-bond donors (Lipinski definition) is 0. The lowest BCUT2D eigenvalue weighted by Crippen LogP contribution is -2.27. The van der Waals surface area contributed by atoms with Gasteiger partial charge in [-0.25, -0.2) is 22.7 Å². The van der Waals surface area contributed by atoms with Crippen LogP contribution in [0.25, 0.3) is 16.9 Å². The highest BCUT2D eigenvalue weighted by molar-refractivity contribution is 9.10. The van der Waals surface area contributed by atoms with Crippen LogP contribution in [0.4, 0.5) is 13.2 Å². The maximum atomic E-state index is 13.7. The van der Waals surface area contributed by atoms with Crippen molar-refractivity contribution in [1.82, 2.24) is 29.3 Å². The van der Waals surface area contributed by atoms with Gasteiger partial charge in [0.15, 0.2) is 5.65 Å². The highest BCUT2D eigenvalue weighted by atomic mass is 79.9. The average molecular weight is 493 g/mol. The maximum absolute atomic E-state index is 13.7. The molecule has 0 N–H and O–H groups in total. The van der Waals surface area contributed by atoms with Gasteiger partial charge in [0.2, 0.25) is 0 Å². The second-order valence-electron chi connectivity index (χ2n) is 6.89. The fourth-order valence-electron chi connectivity index (χ4n) is 3.18. The topological polar surface area (TPSA) is 68.3 Å². The Morgan fingerprint density at radius 3 is 2.52 bits per heavy atom. The molecule has 0 saturated carbocycles. The minimum atomic E-state index is -2.85. The van der Waals surface area contributed by atoms with E-state index in [1.165, 1.54) is 41.4 Å². The minimum Gasteiger partial charge on any atom is -0.336 e. The molecule has 0 unspecified atom stereocenters. The number of halogens is 4. The summed E-state index contributed by atoms with van der Waals surface area (Å²) in [6.07, 6.45) is -0.00977. The number of nitrogens with zero attached hydrogens (tertiary/aromatic N) is 6. The standard InChI is InChI=1S/C20H16BrF3N6O/c1-28(10-17-14(21)9-25-29(17)2)20(31)13-8-26-30-16(18(23)24)7-15(27-19(13)30)11-3-5-12(22)6-4-11/h3-9,18H,10H2,1-2H3. The van der Waals surface area contributed by atoms with E-state index in [2.05, 4.69) is 31.1 Å². The maximum Gasteiger partial charge on any atom is 0.280 e. The van der Waals surface area contributed by atoms with E-state index in [0.29, 0.717) is 5.56 Å². The molecule has 0 aliphatic rings. The van der Waals surface area contributed by atoms with Crippen LogP contribution in [0.5, 0.6) is 0 Å². The summed E-state index contributed by atoms with van der Waals surface area (Å²) in [7, 11) is 3.34. The summed E-state index contributed by atoms with van der Waals surface area (Å²) >= 11 is 3.39. The zero-order valence-corrected chi connectivity index (χ0v) is 18.0. The number of carbonyl (C=O) groups excluding carboxylic acids is 1. The number of amides is 1. The molecule has 0 fully saturated rings. The molecule has 31 heavy (non-hydrogen) atoms. The number of fused-ring (bicyclic) bond motifs is 1. The van der Waals surface area contributed by atoms with Crippen LogP contribution in [0, 0.1) is 5.82 Å². The third-order valence-corrected chi connectivity index (χ3v) is 5.50. The van der Waals surface area contributed by atoms with Gasteiger partial charge in [-0.15, -0.1) is 0 Å². The van der Waals surface area contributed by atoms with Gasteiger partial charge >= 0.3 is 0 Å². The molecule has 0 aliphatic heterocycles. The van der Waals surface area contributed by atoms with Gasteiger partial charge in [0, 0.05) is 19.7 Å². The van der Waals surface area contributed by atoms with E-state index in [1.807, 2.05) is 0 Å². The molecule has 3 heterocycles. The number of carbonyl (C=O) groups is 1. The number of aryl methyl sites for hydroxylation is 1. The third kappa shape index (κ3) is 3.92. The third-order valence-electron chi connectivity index (χ3n) is 4.84. The Kier molecular flexibility index (Phi) is 5.52. The Labute approximate surface area is 183 Å². The molecule has 0 atom stereocenters. The van der Waals surface area contributed by atoms with Gasteiger partial charge < -0.3 is 4.90 Å². The normalized spacial score (nSPS) is 11.5. The highest BCUT2D eigenvalue weighted by Gasteiger charge is 2.24. The zero-order chi connectivity index (χ0) is 22.3. The number of benzene rings is 1. The molecule has 0 saturated heterocycles. The first-order valence-corrected chi connectivity index (χ1v) is 9.90. The predicted molar refractivity (Wildman–Crippen MR) is 110 cm³/mol. The van der Waals surface area contributed by atoms with E-state index in [-0.39, 0.29) is 23.4 Å². The molecule has 160 valence electrons. The van der Waals surface area contributed by atoms with E-state index in [9.17, 15) is 18.0 Å². The average Bonchev–Trinajstić information content (AvgIpc) is 3.31. The highest BCUT2D eigenvalue weighted by Crippen LogP contribution is 2.27. The molecule has 1 amide bonds. The second-order valence-corrected chi connectivity index (χ2v) is 7.75. The van der Waals surface area contributed by atoms with Crippen LogP contribution in [0.2, 0.25) is 0 Å². The van der Waals surface area contributed by atoms with Crippen LogP contribution in [0.15, 0.2) is 47.2 Å². The van der Waals surface area contributed by atoms with Crippen molar-refractivity contribution in [3.63, 3.8) is 0 Å². The first kappa shape index (κ1) is 21.0. The first-order chi connectivity index (χ1) is 14.8. The minimum absolute atomic E-state index is 0.00181. The summed E-state index contributed by atoms with van der Waals surface area (Å²) in [4.78, 5) is 18.9. The van der Waals surface area contributed by atoms with Gasteiger partial charge in [0.1, 0.15) is 17.1 Å². The van der Waals surface area contributed by atoms with Crippen LogP contribution >= 0.6 is 15.9 Å². The molecular weight excluding hydrogens is 477 g/mol. The molecule has 3 aromatic heterocycles. The van der Waals surface area contributed by atoms with Crippen LogP contribution in [0.1, 0.15) is 28.2 Å². The molecule has 7 nitrogen and oxygen atoms in total. The Hall–Kier alpha value is -3.21. The lowest BCUT2D eigenvalue weighted by Gasteiger charge is -2.17. The van der Waals surface area contributed by atoms with Crippen LogP contribution in [-0.2, 0) is 13.6 Å². The van der Waals surface area contributed by atoms with Crippen molar-refractivity contribution in [1.29, 1.82) is 0 Å². The fourth-order valence-corrected chi connectivity index (χ4v) is 3.65. The molecule has 4 aromatic rings. The molecular formula is C20H16BrF3N6O. The molecule has 1 aromatic carbocycles. The van der Waals surface area contributed by atoms with Crippen LogP contribution < -0.4 is 0 Å². The first-order valence-electron chi connectivity index (χ1n) is 9.11. The smallest absolute Gasteiger partial charge is 0.280 e. The van der Waals surface area contributed by atoms with Gasteiger partial charge in [-0.1, -0.05) is 0 Å². The summed E-state index contributed by atoms with van der Waals surface area (Å²) in [5.41, 5.74) is 1.05. The van der Waals surface area contributed by atoms with Crippen molar-refractivity contribution in [2.45, 2.75) is 13.0 Å². The van der Waals surface area contributed by atoms with Crippen molar-refractivity contribution >= 4 is 27.5 Å². The van der Waals surface area contributed by atoms with E-state index in [1.54, 1.807) is 25.0 Å². The van der Waals surface area contributed by atoms with Gasteiger partial charge in [-0.05, 0) is 46.3 Å². The summed E-state index contributed by atoms with van der Waals surface area (Å²) in [6, 6.07) is 6.49. The second kappa shape index (κ2) is 8.14. The summed E-state index contributed by atoms with van der Waals surface area (Å²) < 4.78 is 44.0. The summed E-state index contributed by atoms with van der Waals surface area (Å²) in [5.74, 6) is -0.894. The largest absolute Gasteiger partial charge is 0.336 e. The Bertz CT molecular complexity index is 1250. The molecule has 4 rings (SSSR count). The zero-order valence-electron chi connectivity index (χ0n) is 16.4. The Morgan fingerprint density at radius 2 is 1.90 bits per heavy atom. The van der Waals surface area contributed by atoms with Crippen molar-refractivity contribution < 1.29 is 18.0 Å². The molecule has 0 spiro atoms. The van der Waals surface area contributed by atoms with E-state index < -0.39 is 23.8 Å². The molecule has 0 radical (unpaired) electrons. The van der Waals surface area contributed by atoms with Crippen molar-refractivity contribution in [2.75, 3.05) is 7.05 Å². The molecule has 11 heteroatoms. The van der Waals surface area contributed by atoms with Gasteiger partial charge in [-0.2, -0.15) is 10.2 Å². The number of aromatic nitrogens is 5.